The number of likely N-dealkylation sites (tertiary alicyclic amines) is 1. The highest BCUT2D eigenvalue weighted by Crippen LogP contribution is 2.27. The van der Waals surface area contributed by atoms with Crippen molar-refractivity contribution < 1.29 is 4.79 Å². The molecule has 3 heterocycles. The van der Waals surface area contributed by atoms with Gasteiger partial charge in [-0.3, -0.25) is 14.6 Å². The zero-order valence-corrected chi connectivity index (χ0v) is 19.8. The lowest BCUT2D eigenvalue weighted by Crippen LogP contribution is -2.48. The van der Waals surface area contributed by atoms with E-state index in [1.807, 2.05) is 0 Å². The van der Waals surface area contributed by atoms with Gasteiger partial charge < -0.3 is 4.90 Å². The second-order valence-electron chi connectivity index (χ2n) is 8.99. The Balaban J connectivity index is 1.16. The summed E-state index contributed by atoms with van der Waals surface area (Å²) in [4.78, 5) is 20.1. The summed E-state index contributed by atoms with van der Waals surface area (Å²) in [6.07, 6.45) is 4.43. The van der Waals surface area contributed by atoms with Crippen LogP contribution < -0.4 is 0 Å². The quantitative estimate of drug-likeness (QED) is 0.663. The molecule has 1 aromatic carbocycles. The number of amides is 1. The fourth-order valence-corrected chi connectivity index (χ4v) is 7.59. The SMILES string of the molecule is O=C(CC[C@@H]1CCCN(C2CSCCSC2)C1)N1CCN(Cc2ccccc2)CC1. The number of hydrogen-bond donors (Lipinski definition) is 0. The fourth-order valence-electron chi connectivity index (χ4n) is 4.96. The number of piperazine rings is 1. The molecule has 166 valence electrons. The average Bonchev–Trinajstić information content (AvgIpc) is 3.09. The molecule has 0 aliphatic carbocycles. The van der Waals surface area contributed by atoms with Crippen LogP contribution in [0.2, 0.25) is 0 Å². The largest absolute Gasteiger partial charge is 0.340 e. The summed E-state index contributed by atoms with van der Waals surface area (Å²) in [7, 11) is 0. The van der Waals surface area contributed by atoms with E-state index in [9.17, 15) is 4.79 Å². The maximum Gasteiger partial charge on any atom is 0.222 e. The minimum atomic E-state index is 0.382. The van der Waals surface area contributed by atoms with Crippen LogP contribution in [0.25, 0.3) is 0 Å². The van der Waals surface area contributed by atoms with Gasteiger partial charge in [0.1, 0.15) is 0 Å². The number of benzene rings is 1. The molecule has 0 aromatic heterocycles. The van der Waals surface area contributed by atoms with Gasteiger partial charge in [-0.25, -0.2) is 0 Å². The normalized spacial score (nSPS) is 25.2. The highest BCUT2D eigenvalue weighted by Gasteiger charge is 2.28. The Labute approximate surface area is 191 Å². The second-order valence-corrected chi connectivity index (χ2v) is 11.3. The van der Waals surface area contributed by atoms with E-state index in [-0.39, 0.29) is 0 Å². The zero-order chi connectivity index (χ0) is 20.6. The molecule has 0 spiro atoms. The van der Waals surface area contributed by atoms with Gasteiger partial charge in [0.05, 0.1) is 0 Å². The lowest BCUT2D eigenvalue weighted by atomic mass is 9.92. The Morgan fingerprint density at radius 2 is 1.70 bits per heavy atom. The Hall–Kier alpha value is -0.690. The van der Waals surface area contributed by atoms with E-state index in [0.29, 0.717) is 11.8 Å². The average molecular weight is 448 g/mol. The van der Waals surface area contributed by atoms with Crippen molar-refractivity contribution in [3.63, 3.8) is 0 Å². The summed E-state index contributed by atoms with van der Waals surface area (Å²) >= 11 is 4.26. The number of hydrogen-bond acceptors (Lipinski definition) is 5. The Morgan fingerprint density at radius 1 is 0.967 bits per heavy atom. The molecule has 3 aliphatic heterocycles. The van der Waals surface area contributed by atoms with Crippen LogP contribution in [0.3, 0.4) is 0 Å². The van der Waals surface area contributed by atoms with Crippen LogP contribution in [0.1, 0.15) is 31.2 Å². The first kappa shape index (κ1) is 22.5. The maximum absolute atomic E-state index is 12.8. The summed E-state index contributed by atoms with van der Waals surface area (Å²) in [5.41, 5.74) is 1.37. The molecule has 0 saturated carbocycles. The lowest BCUT2D eigenvalue weighted by Gasteiger charge is -2.38. The summed E-state index contributed by atoms with van der Waals surface area (Å²) < 4.78 is 0. The molecule has 1 amide bonds. The summed E-state index contributed by atoms with van der Waals surface area (Å²) in [6, 6.07) is 11.4. The Kier molecular flexibility index (Phi) is 8.85. The van der Waals surface area contributed by atoms with E-state index < -0.39 is 0 Å². The topological polar surface area (TPSA) is 26.8 Å². The van der Waals surface area contributed by atoms with Crippen LogP contribution in [0.5, 0.6) is 0 Å². The molecule has 1 aromatic rings. The van der Waals surface area contributed by atoms with Gasteiger partial charge in [-0.05, 0) is 37.3 Å². The molecule has 30 heavy (non-hydrogen) atoms. The molecule has 0 bridgehead atoms. The molecule has 4 rings (SSSR count). The maximum atomic E-state index is 12.8. The van der Waals surface area contributed by atoms with Crippen LogP contribution in [0.15, 0.2) is 30.3 Å². The molecule has 3 fully saturated rings. The third-order valence-corrected chi connectivity index (χ3v) is 9.28. The van der Waals surface area contributed by atoms with E-state index >= 15 is 0 Å². The summed E-state index contributed by atoms with van der Waals surface area (Å²) in [5, 5.41) is 0. The number of nitrogens with zero attached hydrogens (tertiary/aromatic N) is 3. The monoisotopic (exact) mass is 447 g/mol. The molecule has 3 aliphatic rings. The van der Waals surface area contributed by atoms with Gasteiger partial charge in [-0.2, -0.15) is 23.5 Å². The predicted molar refractivity (Wildman–Crippen MR) is 130 cm³/mol. The van der Waals surface area contributed by atoms with Gasteiger partial charge in [-0.1, -0.05) is 30.3 Å². The third kappa shape index (κ3) is 6.65. The molecule has 0 unspecified atom stereocenters. The first-order valence-corrected chi connectivity index (χ1v) is 14.0. The minimum Gasteiger partial charge on any atom is -0.340 e. The van der Waals surface area contributed by atoms with Crippen molar-refractivity contribution in [3.8, 4) is 0 Å². The van der Waals surface area contributed by atoms with E-state index in [1.165, 1.54) is 54.5 Å². The van der Waals surface area contributed by atoms with Gasteiger partial charge >= 0.3 is 0 Å². The van der Waals surface area contributed by atoms with Gasteiger partial charge in [0.15, 0.2) is 0 Å². The number of piperidine rings is 1. The van der Waals surface area contributed by atoms with Crippen LogP contribution >= 0.6 is 23.5 Å². The van der Waals surface area contributed by atoms with Gasteiger partial charge in [0.2, 0.25) is 5.91 Å². The van der Waals surface area contributed by atoms with E-state index in [1.54, 1.807) is 0 Å². The molecule has 3 saturated heterocycles. The first-order chi connectivity index (χ1) is 14.8. The lowest BCUT2D eigenvalue weighted by molar-refractivity contribution is -0.133. The second kappa shape index (κ2) is 11.8. The van der Waals surface area contributed by atoms with Gasteiger partial charge in [0.25, 0.3) is 0 Å². The molecule has 4 nitrogen and oxygen atoms in total. The Bertz CT molecular complexity index is 643. The van der Waals surface area contributed by atoms with E-state index in [4.69, 9.17) is 0 Å². The van der Waals surface area contributed by atoms with Crippen molar-refractivity contribution in [2.75, 3.05) is 62.3 Å². The van der Waals surface area contributed by atoms with Crippen molar-refractivity contribution in [2.45, 2.75) is 38.3 Å². The van der Waals surface area contributed by atoms with Crippen LogP contribution in [0, 0.1) is 5.92 Å². The third-order valence-electron chi connectivity index (χ3n) is 6.80. The first-order valence-electron chi connectivity index (χ1n) is 11.7. The summed E-state index contributed by atoms with van der Waals surface area (Å²) in [6.45, 7) is 7.24. The van der Waals surface area contributed by atoms with Gasteiger partial charge in [0, 0.05) is 74.7 Å². The number of carbonyl (C=O) groups is 1. The highest BCUT2D eigenvalue weighted by molar-refractivity contribution is 8.03. The van der Waals surface area contributed by atoms with Crippen LogP contribution in [0.4, 0.5) is 0 Å². The van der Waals surface area contributed by atoms with Crippen molar-refractivity contribution in [1.29, 1.82) is 0 Å². The molecule has 6 heteroatoms. The van der Waals surface area contributed by atoms with Gasteiger partial charge in [-0.15, -0.1) is 0 Å². The predicted octanol–water partition coefficient (Wildman–Crippen LogP) is 3.67. The zero-order valence-electron chi connectivity index (χ0n) is 18.2. The molecular weight excluding hydrogens is 410 g/mol. The Morgan fingerprint density at radius 3 is 2.43 bits per heavy atom. The van der Waals surface area contributed by atoms with Crippen molar-refractivity contribution in [1.82, 2.24) is 14.7 Å². The molecule has 0 N–H and O–H groups in total. The van der Waals surface area contributed by atoms with Crippen LogP contribution in [-0.2, 0) is 11.3 Å². The number of carbonyl (C=O) groups excluding carboxylic acids is 1. The minimum absolute atomic E-state index is 0.382. The smallest absolute Gasteiger partial charge is 0.222 e. The molecule has 0 radical (unpaired) electrons. The fraction of sp³-hybridized carbons (Fsp3) is 0.708. The molecule has 1 atom stereocenters. The standard InChI is InChI=1S/C24H37N3OS2/c28-24(26-13-11-25(12-14-26)17-21-5-2-1-3-6-21)9-8-22-7-4-10-27(18-22)23-19-29-15-16-30-20-23/h1-3,5-6,22-23H,4,7-20H2/t22-/m0/s1. The van der Waals surface area contributed by atoms with Crippen LogP contribution in [-0.4, -0.2) is 88.9 Å². The van der Waals surface area contributed by atoms with Crippen molar-refractivity contribution in [3.05, 3.63) is 35.9 Å². The van der Waals surface area contributed by atoms with E-state index in [0.717, 1.165) is 51.6 Å². The number of thioether (sulfide) groups is 2. The number of rotatable bonds is 6. The summed E-state index contributed by atoms with van der Waals surface area (Å²) in [5.74, 6) is 6.31. The molecular formula is C24H37N3OS2. The van der Waals surface area contributed by atoms with Crippen molar-refractivity contribution >= 4 is 29.4 Å². The van der Waals surface area contributed by atoms with E-state index in [2.05, 4.69) is 68.6 Å². The van der Waals surface area contributed by atoms with Crippen molar-refractivity contribution in [2.24, 2.45) is 5.92 Å². The highest BCUT2D eigenvalue weighted by atomic mass is 32.2.